The van der Waals surface area contributed by atoms with Gasteiger partial charge in [0.25, 0.3) is 0 Å². The molecule has 0 saturated carbocycles. The predicted octanol–water partition coefficient (Wildman–Crippen LogP) is 7.69. The Balaban J connectivity index is 0.971. The first kappa shape index (κ1) is 43.1. The molecule has 16 nitrogen and oxygen atoms in total. The van der Waals surface area contributed by atoms with E-state index in [-0.39, 0.29) is 47.8 Å². The second-order valence-electron chi connectivity index (χ2n) is 18.0. The minimum atomic E-state index is -0.766. The summed E-state index contributed by atoms with van der Waals surface area (Å²) >= 11 is 0. The summed E-state index contributed by atoms with van der Waals surface area (Å²) in [5.74, 6) is 1.63. The Morgan fingerprint density at radius 2 is 1.66 bits per heavy atom. The van der Waals surface area contributed by atoms with Crippen molar-refractivity contribution in [3.05, 3.63) is 65.9 Å². The van der Waals surface area contributed by atoms with Crippen molar-refractivity contribution < 1.29 is 38.1 Å². The molecule has 0 bridgehead atoms. The van der Waals surface area contributed by atoms with Crippen molar-refractivity contribution in [3.8, 4) is 28.1 Å². The molecule has 0 aliphatic carbocycles. The van der Waals surface area contributed by atoms with Crippen LogP contribution in [0.2, 0.25) is 0 Å². The Hall–Kier alpha value is -6.16. The minimum Gasteiger partial charge on any atom is -0.488 e. The van der Waals surface area contributed by atoms with E-state index in [0.29, 0.717) is 25.6 Å². The van der Waals surface area contributed by atoms with Gasteiger partial charge in [-0.15, -0.1) is 0 Å². The molecule has 3 fully saturated rings. The van der Waals surface area contributed by atoms with Crippen LogP contribution in [-0.4, -0.2) is 105 Å². The van der Waals surface area contributed by atoms with Gasteiger partial charge in [-0.3, -0.25) is 9.59 Å². The molecule has 0 spiro atoms. The standard InChI is InChI=1S/C48H58N8O8/c1-7-31-13-17-38(56(31)46(58)41(54-48(60)62-6)29-9-8-18-63-23-29)44-50-35-15-12-27-20-34-32-14-11-28(19-30(32)24-64-39(34)21-33(27)42(35)52-44)36-22-49-43(51-36)37-16-10-26(4)55(37)45(57)40(25(2)3)53-47(59)61-5/h11-12,14-15,19-22,25-26,29,31,37-38,40-41H,7-10,13,16-18,23-24H2,1-6H3,(H,49,51)(H,50,52)(H,53,59)(H,54,60)/t26-,29+,31-,37-,38-,40?,41?/m0/s1. The molecule has 3 aromatic carbocycles. The topological polar surface area (TPSA) is 193 Å². The van der Waals surface area contributed by atoms with Crippen LogP contribution < -0.4 is 15.4 Å². The fourth-order valence-electron chi connectivity index (χ4n) is 10.4. The van der Waals surface area contributed by atoms with E-state index in [0.717, 1.165) is 106 Å². The fourth-order valence-corrected chi connectivity index (χ4v) is 10.4. The Morgan fingerprint density at radius 1 is 0.875 bits per heavy atom. The van der Waals surface area contributed by atoms with Gasteiger partial charge in [0, 0.05) is 35.6 Å². The number of carbonyl (C=O) groups is 4. The Bertz CT molecular complexity index is 2580. The number of benzene rings is 3. The van der Waals surface area contributed by atoms with Crippen molar-refractivity contribution in [2.75, 3.05) is 27.4 Å². The van der Waals surface area contributed by atoms with E-state index in [1.165, 1.54) is 14.2 Å². The molecule has 6 heterocycles. The number of amides is 4. The van der Waals surface area contributed by atoms with E-state index in [9.17, 15) is 19.2 Å². The van der Waals surface area contributed by atoms with Gasteiger partial charge in [-0.25, -0.2) is 19.6 Å². The highest BCUT2D eigenvalue weighted by atomic mass is 16.5. The number of imidazole rings is 2. The maximum Gasteiger partial charge on any atom is 0.407 e. The van der Waals surface area contributed by atoms with Crippen LogP contribution in [0.25, 0.3) is 44.2 Å². The van der Waals surface area contributed by atoms with Gasteiger partial charge < -0.3 is 49.3 Å². The lowest BCUT2D eigenvalue weighted by molar-refractivity contribution is -0.139. The van der Waals surface area contributed by atoms with Crippen LogP contribution in [-0.2, 0) is 30.4 Å². The smallest absolute Gasteiger partial charge is 0.407 e. The lowest BCUT2D eigenvalue weighted by Gasteiger charge is -2.36. The van der Waals surface area contributed by atoms with Crippen molar-refractivity contribution in [1.29, 1.82) is 0 Å². The molecule has 4 amide bonds. The molecule has 7 atom stereocenters. The number of H-pyrrole nitrogens is 2. The van der Waals surface area contributed by atoms with Gasteiger partial charge >= 0.3 is 12.2 Å². The molecule has 4 aliphatic rings. The van der Waals surface area contributed by atoms with Crippen molar-refractivity contribution >= 4 is 45.8 Å². The molecule has 338 valence electrons. The summed E-state index contributed by atoms with van der Waals surface area (Å²) in [5, 5.41) is 7.54. The van der Waals surface area contributed by atoms with Crippen molar-refractivity contribution in [2.45, 2.75) is 115 Å². The summed E-state index contributed by atoms with van der Waals surface area (Å²) in [4.78, 5) is 73.9. The molecule has 5 aromatic rings. The average Bonchev–Trinajstić information content (AvgIpc) is 4.14. The highest BCUT2D eigenvalue weighted by Gasteiger charge is 2.45. The van der Waals surface area contributed by atoms with Gasteiger partial charge in [-0.2, -0.15) is 0 Å². The highest BCUT2D eigenvalue weighted by Crippen LogP contribution is 2.44. The number of likely N-dealkylation sites (tertiary alicyclic amines) is 2. The minimum absolute atomic E-state index is 0.00299. The summed E-state index contributed by atoms with van der Waals surface area (Å²) in [6.07, 6.45) is 6.09. The average molecular weight is 875 g/mol. The molecule has 2 unspecified atom stereocenters. The number of aromatic nitrogens is 4. The lowest BCUT2D eigenvalue weighted by atomic mass is 9.92. The number of nitrogens with zero attached hydrogens (tertiary/aromatic N) is 4. The van der Waals surface area contributed by atoms with Crippen LogP contribution in [0.4, 0.5) is 9.59 Å². The first-order chi connectivity index (χ1) is 31.0. The number of aromatic amines is 2. The molecule has 4 aliphatic heterocycles. The molecule has 3 saturated heterocycles. The quantitative estimate of drug-likeness (QED) is 0.108. The van der Waals surface area contributed by atoms with Gasteiger partial charge in [0.1, 0.15) is 36.1 Å². The molecule has 16 heteroatoms. The highest BCUT2D eigenvalue weighted by molar-refractivity contribution is 6.07. The number of hydrogen-bond acceptors (Lipinski definition) is 10. The first-order valence-electron chi connectivity index (χ1n) is 22.7. The predicted molar refractivity (Wildman–Crippen MR) is 239 cm³/mol. The number of fused-ring (bicyclic) bond motifs is 6. The van der Waals surface area contributed by atoms with Crippen molar-refractivity contribution in [1.82, 2.24) is 40.4 Å². The second kappa shape index (κ2) is 17.8. The molecule has 9 rings (SSSR count). The van der Waals surface area contributed by atoms with Crippen LogP contribution in [0.15, 0.2) is 48.7 Å². The number of methoxy groups -OCH3 is 2. The summed E-state index contributed by atoms with van der Waals surface area (Å²) in [5.41, 5.74) is 6.59. The van der Waals surface area contributed by atoms with Crippen molar-refractivity contribution in [3.63, 3.8) is 0 Å². The zero-order chi connectivity index (χ0) is 44.8. The zero-order valence-electron chi connectivity index (χ0n) is 37.4. The molecule has 64 heavy (non-hydrogen) atoms. The van der Waals surface area contributed by atoms with E-state index in [1.54, 1.807) is 0 Å². The van der Waals surface area contributed by atoms with Crippen LogP contribution in [0, 0.1) is 11.8 Å². The number of ether oxygens (including phenoxy) is 4. The normalized spacial score (nSPS) is 22.8. The van der Waals surface area contributed by atoms with E-state index in [2.05, 4.69) is 63.9 Å². The molecule has 4 N–H and O–H groups in total. The maximum absolute atomic E-state index is 14.5. The number of rotatable bonds is 10. The molecular formula is C48H58N8O8. The van der Waals surface area contributed by atoms with E-state index in [4.69, 9.17) is 28.9 Å². The monoisotopic (exact) mass is 874 g/mol. The van der Waals surface area contributed by atoms with Gasteiger partial charge in [-0.05, 0) is 104 Å². The third-order valence-corrected chi connectivity index (χ3v) is 13.8. The largest absolute Gasteiger partial charge is 0.488 e. The van der Waals surface area contributed by atoms with Gasteiger partial charge in [-0.1, -0.05) is 39.0 Å². The van der Waals surface area contributed by atoms with E-state index >= 15 is 0 Å². The maximum atomic E-state index is 14.5. The van der Waals surface area contributed by atoms with Crippen molar-refractivity contribution in [2.24, 2.45) is 11.8 Å². The third-order valence-electron chi connectivity index (χ3n) is 13.8. The number of carbonyl (C=O) groups excluding carboxylic acids is 4. The Morgan fingerprint density at radius 3 is 2.41 bits per heavy atom. The zero-order valence-corrected chi connectivity index (χ0v) is 37.4. The Labute approximate surface area is 372 Å². The van der Waals surface area contributed by atoms with Crippen LogP contribution in [0.5, 0.6) is 5.75 Å². The number of hydrogen-bond donors (Lipinski definition) is 4. The summed E-state index contributed by atoms with van der Waals surface area (Å²) < 4.78 is 22.0. The summed E-state index contributed by atoms with van der Waals surface area (Å²) in [7, 11) is 2.60. The summed E-state index contributed by atoms with van der Waals surface area (Å²) in [6, 6.07) is 12.7. The fraction of sp³-hybridized carbons (Fsp3) is 0.500. The number of alkyl carbamates (subject to hydrolysis) is 2. The van der Waals surface area contributed by atoms with E-state index < -0.39 is 24.3 Å². The van der Waals surface area contributed by atoms with Crippen LogP contribution in [0.3, 0.4) is 0 Å². The van der Waals surface area contributed by atoms with E-state index in [1.807, 2.05) is 42.8 Å². The SMILES string of the molecule is CC[C@H]1CC[C@@H](c2nc3c(ccc4cc5c(cc43)OCc3cc(-c4cnc([C@@H]6CC[C@H](C)N6C(=O)C(NC(=O)OC)C(C)C)[nH]4)ccc3-5)[nH]2)N1C(=O)C(NC(=O)OC)[C@@H]1CCCOC1. The lowest BCUT2D eigenvalue weighted by Crippen LogP contribution is -2.55. The third kappa shape index (κ3) is 7.90. The number of nitrogens with one attached hydrogen (secondary N) is 4. The van der Waals surface area contributed by atoms with Gasteiger partial charge in [0.15, 0.2) is 0 Å². The Kier molecular flexibility index (Phi) is 12.0. The van der Waals surface area contributed by atoms with Crippen LogP contribution >= 0.6 is 0 Å². The second-order valence-corrected chi connectivity index (χ2v) is 18.0. The molecule has 2 aromatic heterocycles. The van der Waals surface area contributed by atoms with Gasteiger partial charge in [0.05, 0.1) is 55.8 Å². The first-order valence-corrected chi connectivity index (χ1v) is 22.7. The summed E-state index contributed by atoms with van der Waals surface area (Å²) in [6.45, 7) is 9.36. The molecule has 0 radical (unpaired) electrons. The molecular weight excluding hydrogens is 817 g/mol. The van der Waals surface area contributed by atoms with Gasteiger partial charge in [0.2, 0.25) is 11.8 Å². The van der Waals surface area contributed by atoms with Crippen LogP contribution in [0.1, 0.15) is 102 Å².